The van der Waals surface area contributed by atoms with Gasteiger partial charge in [0.05, 0.1) is 6.42 Å². The summed E-state index contributed by atoms with van der Waals surface area (Å²) < 4.78 is 5.28. The van der Waals surface area contributed by atoms with Gasteiger partial charge < -0.3 is 9.64 Å². The molecule has 112 valence electrons. The Morgan fingerprint density at radius 2 is 1.70 bits per heavy atom. The lowest BCUT2D eigenvalue weighted by Gasteiger charge is -2.27. The summed E-state index contributed by atoms with van der Waals surface area (Å²) in [5.41, 5.74) is 0.389. The van der Waals surface area contributed by atoms with Crippen LogP contribution in [0.15, 0.2) is 12.2 Å². The minimum atomic E-state index is -0.373. The number of carbonyl (C=O) groups excluding carboxylic acids is 3. The zero-order valence-electron chi connectivity index (χ0n) is 12.5. The molecule has 0 aromatic rings. The molecule has 5 nitrogen and oxygen atoms in total. The van der Waals surface area contributed by atoms with E-state index in [0.717, 1.165) is 0 Å². The van der Waals surface area contributed by atoms with Gasteiger partial charge >= 0.3 is 5.97 Å². The third-order valence-corrected chi connectivity index (χ3v) is 3.58. The van der Waals surface area contributed by atoms with E-state index in [1.165, 1.54) is 4.90 Å². The van der Waals surface area contributed by atoms with Crippen LogP contribution in [0, 0.1) is 5.92 Å². The summed E-state index contributed by atoms with van der Waals surface area (Å²) in [6.07, 6.45) is 2.53. The highest BCUT2D eigenvalue weighted by atomic mass is 16.5. The molecule has 5 heteroatoms. The van der Waals surface area contributed by atoms with E-state index in [0.29, 0.717) is 31.3 Å². The van der Waals surface area contributed by atoms with Crippen molar-refractivity contribution in [3.63, 3.8) is 0 Å². The molecule has 1 aliphatic rings. The average molecular weight is 281 g/mol. The number of ketones is 1. The molecule has 1 amide bonds. The fourth-order valence-electron chi connectivity index (χ4n) is 2.21. The van der Waals surface area contributed by atoms with Gasteiger partial charge in [0.2, 0.25) is 5.91 Å². The van der Waals surface area contributed by atoms with E-state index in [1.807, 2.05) is 0 Å². The lowest BCUT2D eigenvalue weighted by Crippen LogP contribution is -2.31. The second-order valence-corrected chi connectivity index (χ2v) is 5.59. The molecule has 0 aliphatic heterocycles. The minimum Gasteiger partial charge on any atom is -0.459 e. The van der Waals surface area contributed by atoms with E-state index in [4.69, 9.17) is 4.74 Å². The Morgan fingerprint density at radius 3 is 2.15 bits per heavy atom. The Kier molecular flexibility index (Phi) is 5.92. The average Bonchev–Trinajstić information content (AvgIpc) is 2.39. The molecule has 0 heterocycles. The Hall–Kier alpha value is -1.65. The van der Waals surface area contributed by atoms with Crippen LogP contribution < -0.4 is 0 Å². The van der Waals surface area contributed by atoms with Crippen molar-refractivity contribution >= 4 is 17.7 Å². The van der Waals surface area contributed by atoms with E-state index in [2.05, 4.69) is 6.58 Å². The number of rotatable bonds is 5. The molecular weight excluding hydrogens is 258 g/mol. The standard InChI is InChI=1S/C15H23NO4/c1-10(2)15(19)20-12-7-5-11(6-8-12)13(17)9-14(18)16(3)4/h11-12H,1,5-9H2,2-4H3. The van der Waals surface area contributed by atoms with E-state index < -0.39 is 0 Å². The lowest BCUT2D eigenvalue weighted by atomic mass is 9.83. The molecule has 1 saturated carbocycles. The molecule has 0 bridgehead atoms. The molecule has 0 radical (unpaired) electrons. The summed E-state index contributed by atoms with van der Waals surface area (Å²) in [6, 6.07) is 0. The predicted molar refractivity (Wildman–Crippen MR) is 75.0 cm³/mol. The number of Topliss-reactive ketones (excluding diaryl/α,β-unsaturated/α-hetero) is 1. The fraction of sp³-hybridized carbons (Fsp3) is 0.667. The topological polar surface area (TPSA) is 63.7 Å². The van der Waals surface area contributed by atoms with Crippen molar-refractivity contribution in [1.29, 1.82) is 0 Å². The summed E-state index contributed by atoms with van der Waals surface area (Å²) >= 11 is 0. The number of ether oxygens (including phenoxy) is 1. The van der Waals surface area contributed by atoms with Crippen molar-refractivity contribution in [2.75, 3.05) is 14.1 Å². The smallest absolute Gasteiger partial charge is 0.333 e. The molecule has 20 heavy (non-hydrogen) atoms. The largest absolute Gasteiger partial charge is 0.459 e. The predicted octanol–water partition coefficient (Wildman–Crippen LogP) is 1.71. The second kappa shape index (κ2) is 7.22. The van der Waals surface area contributed by atoms with Gasteiger partial charge in [-0.1, -0.05) is 6.58 Å². The maximum absolute atomic E-state index is 12.0. The Bertz CT molecular complexity index is 406. The van der Waals surface area contributed by atoms with Crippen LogP contribution in [-0.4, -0.2) is 42.8 Å². The third-order valence-electron chi connectivity index (χ3n) is 3.58. The second-order valence-electron chi connectivity index (χ2n) is 5.59. The summed E-state index contributed by atoms with van der Waals surface area (Å²) in [7, 11) is 3.28. The van der Waals surface area contributed by atoms with Crippen LogP contribution in [0.5, 0.6) is 0 Å². The molecule has 0 spiro atoms. The zero-order chi connectivity index (χ0) is 15.3. The maximum atomic E-state index is 12.0. The number of esters is 1. The van der Waals surface area contributed by atoms with Gasteiger partial charge in [0.1, 0.15) is 11.9 Å². The molecule has 0 unspecified atom stereocenters. The van der Waals surface area contributed by atoms with Crippen molar-refractivity contribution in [2.24, 2.45) is 5.92 Å². The van der Waals surface area contributed by atoms with E-state index >= 15 is 0 Å². The maximum Gasteiger partial charge on any atom is 0.333 e. The molecule has 0 N–H and O–H groups in total. The van der Waals surface area contributed by atoms with Crippen molar-refractivity contribution in [1.82, 2.24) is 4.90 Å². The molecule has 0 atom stereocenters. The van der Waals surface area contributed by atoms with Crippen molar-refractivity contribution in [3.05, 3.63) is 12.2 Å². The Labute approximate surface area is 120 Å². The summed E-state index contributed by atoms with van der Waals surface area (Å²) in [4.78, 5) is 36.3. The molecule has 1 aliphatic carbocycles. The van der Waals surface area contributed by atoms with Gasteiger partial charge in [-0.2, -0.15) is 0 Å². The number of nitrogens with zero attached hydrogens (tertiary/aromatic N) is 1. The monoisotopic (exact) mass is 281 g/mol. The minimum absolute atomic E-state index is 0.00613. The fourth-order valence-corrected chi connectivity index (χ4v) is 2.21. The first-order valence-corrected chi connectivity index (χ1v) is 6.90. The van der Waals surface area contributed by atoms with Crippen LogP contribution in [-0.2, 0) is 19.1 Å². The molecule has 1 fully saturated rings. The summed E-state index contributed by atoms with van der Waals surface area (Å²) in [6.45, 7) is 5.16. The lowest BCUT2D eigenvalue weighted by molar-refractivity contribution is -0.146. The number of hydrogen-bond donors (Lipinski definition) is 0. The van der Waals surface area contributed by atoms with Gasteiger partial charge in [0.25, 0.3) is 0 Å². The Morgan fingerprint density at radius 1 is 1.15 bits per heavy atom. The SMILES string of the molecule is C=C(C)C(=O)OC1CCC(C(=O)CC(=O)N(C)C)CC1. The van der Waals surface area contributed by atoms with Crippen LogP contribution >= 0.6 is 0 Å². The van der Waals surface area contributed by atoms with Crippen LogP contribution in [0.25, 0.3) is 0 Å². The highest BCUT2D eigenvalue weighted by Crippen LogP contribution is 2.28. The summed E-state index contributed by atoms with van der Waals surface area (Å²) in [5.74, 6) is -0.625. The highest BCUT2D eigenvalue weighted by Gasteiger charge is 2.29. The van der Waals surface area contributed by atoms with E-state index in [9.17, 15) is 14.4 Å². The number of carbonyl (C=O) groups is 3. The number of hydrogen-bond acceptors (Lipinski definition) is 4. The highest BCUT2D eigenvalue weighted by molar-refractivity contribution is 5.98. The number of amides is 1. The van der Waals surface area contributed by atoms with Gasteiger partial charge in [-0.05, 0) is 32.6 Å². The third kappa shape index (κ3) is 4.79. The first kappa shape index (κ1) is 16.4. The normalized spacial score (nSPS) is 21.9. The van der Waals surface area contributed by atoms with Crippen LogP contribution in [0.3, 0.4) is 0 Å². The van der Waals surface area contributed by atoms with Crippen molar-refractivity contribution in [2.45, 2.75) is 45.1 Å². The summed E-state index contributed by atoms with van der Waals surface area (Å²) in [5, 5.41) is 0. The van der Waals surface area contributed by atoms with Gasteiger partial charge in [-0.25, -0.2) is 4.79 Å². The van der Waals surface area contributed by atoms with Gasteiger partial charge in [-0.3, -0.25) is 9.59 Å². The Balaban J connectivity index is 2.38. The molecule has 0 saturated heterocycles. The molecule has 0 aromatic carbocycles. The molecule has 0 aromatic heterocycles. The van der Waals surface area contributed by atoms with E-state index in [1.54, 1.807) is 21.0 Å². The van der Waals surface area contributed by atoms with Crippen molar-refractivity contribution in [3.8, 4) is 0 Å². The van der Waals surface area contributed by atoms with Crippen molar-refractivity contribution < 1.29 is 19.1 Å². The van der Waals surface area contributed by atoms with Gasteiger partial charge in [0.15, 0.2) is 0 Å². The first-order valence-electron chi connectivity index (χ1n) is 6.90. The van der Waals surface area contributed by atoms with E-state index in [-0.39, 0.29) is 36.1 Å². The zero-order valence-corrected chi connectivity index (χ0v) is 12.5. The van der Waals surface area contributed by atoms with Crippen LogP contribution in [0.2, 0.25) is 0 Å². The quantitative estimate of drug-likeness (QED) is 0.437. The first-order chi connectivity index (χ1) is 9.31. The molecular formula is C15H23NO4. The van der Waals surface area contributed by atoms with Gasteiger partial charge in [0, 0.05) is 25.6 Å². The van der Waals surface area contributed by atoms with Gasteiger partial charge in [-0.15, -0.1) is 0 Å². The molecule has 1 rings (SSSR count). The van der Waals surface area contributed by atoms with Crippen LogP contribution in [0.4, 0.5) is 0 Å². The van der Waals surface area contributed by atoms with Crippen LogP contribution in [0.1, 0.15) is 39.0 Å².